The van der Waals surface area contributed by atoms with Crippen LogP contribution in [0.3, 0.4) is 0 Å². The van der Waals surface area contributed by atoms with Gasteiger partial charge in [-0.3, -0.25) is 10.1 Å². The number of nitro benzene ring substituents is 1. The lowest BCUT2D eigenvalue weighted by molar-refractivity contribution is -0.385. The first-order valence-corrected chi connectivity index (χ1v) is 4.36. The largest absolute Gasteiger partial charge is 0.496 e. The molecule has 0 spiro atoms. The van der Waals surface area contributed by atoms with Crippen LogP contribution in [0.4, 0.5) is 5.69 Å². The molecule has 78 valence electrons. The van der Waals surface area contributed by atoms with Gasteiger partial charge in [-0.05, 0) is 12.1 Å². The summed E-state index contributed by atoms with van der Waals surface area (Å²) in [7, 11) is 1.38. The van der Waals surface area contributed by atoms with Crippen LogP contribution in [-0.4, -0.2) is 12.0 Å². The molecule has 0 aliphatic heterocycles. The molecule has 0 radical (unpaired) electrons. The Labute approximate surface area is 91.0 Å². The molecule has 6 heteroatoms. The Kier molecular flexibility index (Phi) is 3.47. The van der Waals surface area contributed by atoms with Gasteiger partial charge in [-0.25, -0.2) is 0 Å². The smallest absolute Gasteiger partial charge is 0.295 e. The van der Waals surface area contributed by atoms with Crippen molar-refractivity contribution < 1.29 is 9.66 Å². The molecule has 15 heavy (non-hydrogen) atoms. The van der Waals surface area contributed by atoms with Crippen LogP contribution in [0, 0.1) is 21.4 Å². The molecule has 0 amide bonds. The third-order valence-corrected chi connectivity index (χ3v) is 2.15. The number of nitrogens with zero attached hydrogens (tertiary/aromatic N) is 2. The molecule has 5 nitrogen and oxygen atoms in total. The zero-order valence-electron chi connectivity index (χ0n) is 7.86. The lowest BCUT2D eigenvalue weighted by Gasteiger charge is -2.06. The minimum absolute atomic E-state index is 0.00560. The minimum atomic E-state index is -0.614. The SMILES string of the molecule is COc1ccc(Cl)c([N+](=O)[O-])c1CC#N. The van der Waals surface area contributed by atoms with Crippen molar-refractivity contribution in [2.24, 2.45) is 0 Å². The maximum Gasteiger partial charge on any atom is 0.295 e. The van der Waals surface area contributed by atoms with E-state index in [-0.39, 0.29) is 22.7 Å². The monoisotopic (exact) mass is 226 g/mol. The second-order valence-corrected chi connectivity index (χ2v) is 3.08. The molecule has 0 fully saturated rings. The molecule has 1 aromatic carbocycles. The number of nitro groups is 1. The zero-order chi connectivity index (χ0) is 11.4. The zero-order valence-corrected chi connectivity index (χ0v) is 8.61. The van der Waals surface area contributed by atoms with Gasteiger partial charge in [-0.1, -0.05) is 11.6 Å². The van der Waals surface area contributed by atoms with E-state index in [2.05, 4.69) is 0 Å². The summed E-state index contributed by atoms with van der Waals surface area (Å²) in [5, 5.41) is 19.3. The first kappa shape index (κ1) is 11.3. The minimum Gasteiger partial charge on any atom is -0.496 e. The highest BCUT2D eigenvalue weighted by atomic mass is 35.5. The maximum atomic E-state index is 10.7. The van der Waals surface area contributed by atoms with E-state index in [1.54, 1.807) is 0 Å². The predicted molar refractivity (Wildman–Crippen MR) is 54.0 cm³/mol. The van der Waals surface area contributed by atoms with Gasteiger partial charge in [0.1, 0.15) is 10.8 Å². The van der Waals surface area contributed by atoms with Crippen molar-refractivity contribution in [1.82, 2.24) is 0 Å². The molecule has 0 heterocycles. The van der Waals surface area contributed by atoms with Gasteiger partial charge in [-0.15, -0.1) is 0 Å². The summed E-state index contributed by atoms with van der Waals surface area (Å²) < 4.78 is 4.93. The number of benzene rings is 1. The first-order valence-electron chi connectivity index (χ1n) is 3.98. The van der Waals surface area contributed by atoms with Crippen LogP contribution in [-0.2, 0) is 6.42 Å². The molecule has 1 rings (SSSR count). The van der Waals surface area contributed by atoms with Crippen molar-refractivity contribution >= 4 is 17.3 Å². The number of ether oxygens (including phenoxy) is 1. The quantitative estimate of drug-likeness (QED) is 0.585. The number of methoxy groups -OCH3 is 1. The predicted octanol–water partition coefficient (Wildman–Crippen LogP) is 2.32. The van der Waals surface area contributed by atoms with E-state index in [9.17, 15) is 10.1 Å². The number of hydrogen-bond acceptors (Lipinski definition) is 4. The summed E-state index contributed by atoms with van der Waals surface area (Å²) in [5.74, 6) is 0.299. The van der Waals surface area contributed by atoms with Crippen molar-refractivity contribution in [2.45, 2.75) is 6.42 Å². The van der Waals surface area contributed by atoms with Gasteiger partial charge in [0.15, 0.2) is 0 Å². The van der Waals surface area contributed by atoms with E-state index in [1.807, 2.05) is 6.07 Å². The average molecular weight is 227 g/mol. The number of rotatable bonds is 3. The van der Waals surface area contributed by atoms with E-state index in [1.165, 1.54) is 19.2 Å². The molecular weight excluding hydrogens is 220 g/mol. The molecule has 0 unspecified atom stereocenters. The second kappa shape index (κ2) is 4.62. The van der Waals surface area contributed by atoms with Crippen LogP contribution >= 0.6 is 11.6 Å². The Morgan fingerprint density at radius 3 is 2.80 bits per heavy atom. The molecule has 0 N–H and O–H groups in total. The van der Waals surface area contributed by atoms with E-state index >= 15 is 0 Å². The number of hydrogen-bond donors (Lipinski definition) is 0. The summed E-state index contributed by atoms with van der Waals surface area (Å²) >= 11 is 5.68. The van der Waals surface area contributed by atoms with E-state index < -0.39 is 4.92 Å². The number of nitriles is 1. The Morgan fingerprint density at radius 2 is 2.33 bits per heavy atom. The van der Waals surface area contributed by atoms with Crippen molar-refractivity contribution in [3.63, 3.8) is 0 Å². The van der Waals surface area contributed by atoms with Crippen molar-refractivity contribution in [2.75, 3.05) is 7.11 Å². The Morgan fingerprint density at radius 1 is 1.67 bits per heavy atom. The average Bonchev–Trinajstić information content (AvgIpc) is 2.18. The van der Waals surface area contributed by atoms with E-state index in [0.29, 0.717) is 5.75 Å². The van der Waals surface area contributed by atoms with E-state index in [0.717, 1.165) is 0 Å². The molecule has 1 aromatic rings. The lowest BCUT2D eigenvalue weighted by Crippen LogP contribution is -1.99. The third kappa shape index (κ3) is 2.17. The van der Waals surface area contributed by atoms with E-state index in [4.69, 9.17) is 21.6 Å². The fourth-order valence-electron chi connectivity index (χ4n) is 1.23. The lowest BCUT2D eigenvalue weighted by atomic mass is 10.1. The number of halogens is 1. The van der Waals surface area contributed by atoms with Crippen molar-refractivity contribution in [3.8, 4) is 11.8 Å². The molecule has 0 aliphatic carbocycles. The highest BCUT2D eigenvalue weighted by Crippen LogP contribution is 2.35. The second-order valence-electron chi connectivity index (χ2n) is 2.67. The van der Waals surface area contributed by atoms with Crippen LogP contribution in [0.2, 0.25) is 5.02 Å². The normalized spacial score (nSPS) is 9.40. The summed E-state index contributed by atoms with van der Waals surface area (Å²) in [5.41, 5.74) is -0.0601. The van der Waals surface area contributed by atoms with Gasteiger partial charge in [-0.2, -0.15) is 5.26 Å². The topological polar surface area (TPSA) is 76.2 Å². The van der Waals surface area contributed by atoms with Crippen LogP contribution in [0.1, 0.15) is 5.56 Å². The molecule has 0 saturated carbocycles. The summed E-state index contributed by atoms with van der Waals surface area (Å²) in [6.07, 6.45) is -0.111. The van der Waals surface area contributed by atoms with Crippen LogP contribution < -0.4 is 4.74 Å². The van der Waals surface area contributed by atoms with Crippen molar-refractivity contribution in [3.05, 3.63) is 32.8 Å². The Balaban J connectivity index is 3.45. The molecule has 0 saturated heterocycles. The van der Waals surface area contributed by atoms with Crippen molar-refractivity contribution in [1.29, 1.82) is 5.26 Å². The molecule has 0 aliphatic rings. The third-order valence-electron chi connectivity index (χ3n) is 1.85. The first-order chi connectivity index (χ1) is 7.11. The summed E-state index contributed by atoms with van der Waals surface area (Å²) in [6, 6.07) is 4.71. The summed E-state index contributed by atoms with van der Waals surface area (Å²) in [4.78, 5) is 10.1. The summed E-state index contributed by atoms with van der Waals surface area (Å²) in [6.45, 7) is 0. The highest BCUT2D eigenvalue weighted by Gasteiger charge is 2.22. The van der Waals surface area contributed by atoms with Crippen LogP contribution in [0.15, 0.2) is 12.1 Å². The molecule has 0 aromatic heterocycles. The van der Waals surface area contributed by atoms with Gasteiger partial charge >= 0.3 is 0 Å². The van der Waals surface area contributed by atoms with Gasteiger partial charge < -0.3 is 4.74 Å². The van der Waals surface area contributed by atoms with Gasteiger partial charge in [0.25, 0.3) is 5.69 Å². The highest BCUT2D eigenvalue weighted by molar-refractivity contribution is 6.32. The molecule has 0 bridgehead atoms. The van der Waals surface area contributed by atoms with Crippen LogP contribution in [0.25, 0.3) is 0 Å². The van der Waals surface area contributed by atoms with Gasteiger partial charge in [0, 0.05) is 0 Å². The molecular formula is C9H7ClN2O3. The molecule has 0 atom stereocenters. The van der Waals surface area contributed by atoms with Gasteiger partial charge in [0.05, 0.1) is 30.1 Å². The maximum absolute atomic E-state index is 10.7. The fourth-order valence-corrected chi connectivity index (χ4v) is 1.47. The fraction of sp³-hybridized carbons (Fsp3) is 0.222. The standard InChI is InChI=1S/C9H7ClN2O3/c1-15-8-3-2-7(10)9(12(13)14)6(8)4-5-11/h2-3H,4H2,1H3. The van der Waals surface area contributed by atoms with Crippen LogP contribution in [0.5, 0.6) is 5.75 Å². The van der Waals surface area contributed by atoms with Gasteiger partial charge in [0.2, 0.25) is 0 Å². The Hall–Kier alpha value is -1.80. The Bertz CT molecular complexity index is 440.